The SMILES string of the molecule is CC(C)CC(=O)OC(C(=O)O)c1ccccn1. The van der Waals surface area contributed by atoms with Gasteiger partial charge in [-0.3, -0.25) is 9.78 Å². The van der Waals surface area contributed by atoms with Gasteiger partial charge in [0.1, 0.15) is 0 Å². The van der Waals surface area contributed by atoms with Crippen LogP contribution in [0.5, 0.6) is 0 Å². The van der Waals surface area contributed by atoms with Crippen molar-refractivity contribution in [2.75, 3.05) is 0 Å². The maximum Gasteiger partial charge on any atom is 0.351 e. The third-order valence-electron chi connectivity index (χ3n) is 2.00. The first-order chi connectivity index (χ1) is 8.00. The zero-order valence-corrected chi connectivity index (χ0v) is 9.79. The van der Waals surface area contributed by atoms with Crippen LogP contribution in [0, 0.1) is 5.92 Å². The summed E-state index contributed by atoms with van der Waals surface area (Å²) >= 11 is 0. The second kappa shape index (κ2) is 5.98. The molecule has 0 aliphatic rings. The third kappa shape index (κ3) is 4.22. The van der Waals surface area contributed by atoms with Crippen LogP contribution in [0.25, 0.3) is 0 Å². The largest absolute Gasteiger partial charge is 0.478 e. The summed E-state index contributed by atoms with van der Waals surface area (Å²) in [7, 11) is 0. The zero-order valence-electron chi connectivity index (χ0n) is 9.79. The van der Waals surface area contributed by atoms with Gasteiger partial charge in [0.25, 0.3) is 0 Å². The van der Waals surface area contributed by atoms with Gasteiger partial charge in [-0.05, 0) is 18.1 Å². The van der Waals surface area contributed by atoms with E-state index in [9.17, 15) is 9.59 Å². The molecule has 0 saturated carbocycles. The highest BCUT2D eigenvalue weighted by atomic mass is 16.6. The lowest BCUT2D eigenvalue weighted by atomic mass is 10.1. The molecule has 0 bridgehead atoms. The number of hydrogen-bond donors (Lipinski definition) is 1. The molecular formula is C12H15NO4. The molecule has 0 aromatic carbocycles. The number of pyridine rings is 1. The lowest BCUT2D eigenvalue weighted by Crippen LogP contribution is -2.21. The predicted molar refractivity (Wildman–Crippen MR) is 60.2 cm³/mol. The van der Waals surface area contributed by atoms with Gasteiger partial charge in [0, 0.05) is 12.6 Å². The second-order valence-electron chi connectivity index (χ2n) is 4.06. The van der Waals surface area contributed by atoms with Crippen molar-refractivity contribution in [1.29, 1.82) is 0 Å². The van der Waals surface area contributed by atoms with Gasteiger partial charge >= 0.3 is 11.9 Å². The highest BCUT2D eigenvalue weighted by Gasteiger charge is 2.25. The molecule has 0 radical (unpaired) electrons. The van der Waals surface area contributed by atoms with Gasteiger partial charge in [0.05, 0.1) is 5.69 Å². The first kappa shape index (κ1) is 13.2. The quantitative estimate of drug-likeness (QED) is 0.790. The molecule has 1 rings (SSSR count). The van der Waals surface area contributed by atoms with E-state index in [1.807, 2.05) is 13.8 Å². The Morgan fingerprint density at radius 2 is 2.12 bits per heavy atom. The number of aliphatic carboxylic acids is 1. The minimum Gasteiger partial charge on any atom is -0.478 e. The third-order valence-corrected chi connectivity index (χ3v) is 2.00. The maximum atomic E-state index is 11.4. The Balaban J connectivity index is 2.75. The van der Waals surface area contributed by atoms with E-state index in [2.05, 4.69) is 4.98 Å². The Bertz CT molecular complexity index is 389. The molecule has 5 heteroatoms. The van der Waals surface area contributed by atoms with E-state index in [4.69, 9.17) is 9.84 Å². The van der Waals surface area contributed by atoms with Crippen LogP contribution in [0.2, 0.25) is 0 Å². The number of carboxylic acid groups (broad SMARTS) is 1. The fourth-order valence-corrected chi connectivity index (χ4v) is 1.28. The molecule has 92 valence electrons. The molecule has 1 N–H and O–H groups in total. The van der Waals surface area contributed by atoms with E-state index in [0.717, 1.165) is 0 Å². The first-order valence-corrected chi connectivity index (χ1v) is 5.34. The molecule has 1 atom stereocenters. The van der Waals surface area contributed by atoms with Crippen molar-refractivity contribution in [2.24, 2.45) is 5.92 Å². The highest BCUT2D eigenvalue weighted by Crippen LogP contribution is 2.16. The van der Waals surface area contributed by atoms with Crippen molar-refractivity contribution in [3.63, 3.8) is 0 Å². The summed E-state index contributed by atoms with van der Waals surface area (Å²) in [6, 6.07) is 4.83. The molecule has 1 aromatic rings. The lowest BCUT2D eigenvalue weighted by molar-refractivity contribution is -0.165. The number of carboxylic acids is 1. The fourth-order valence-electron chi connectivity index (χ4n) is 1.28. The van der Waals surface area contributed by atoms with Crippen LogP contribution in [-0.4, -0.2) is 22.0 Å². The molecule has 5 nitrogen and oxygen atoms in total. The number of carbonyl (C=O) groups is 2. The van der Waals surface area contributed by atoms with E-state index >= 15 is 0 Å². The molecule has 17 heavy (non-hydrogen) atoms. The molecule has 0 saturated heterocycles. The standard InChI is InChI=1S/C12H15NO4/c1-8(2)7-10(14)17-11(12(15)16)9-5-3-4-6-13-9/h3-6,8,11H,7H2,1-2H3,(H,15,16). The average Bonchev–Trinajstić information content (AvgIpc) is 2.25. The maximum absolute atomic E-state index is 11.4. The highest BCUT2D eigenvalue weighted by molar-refractivity contribution is 5.78. The van der Waals surface area contributed by atoms with E-state index < -0.39 is 18.0 Å². The normalized spacial score (nSPS) is 12.2. The summed E-state index contributed by atoms with van der Waals surface area (Å²) in [5.41, 5.74) is 0.220. The van der Waals surface area contributed by atoms with E-state index in [1.165, 1.54) is 12.3 Å². The molecule has 0 fully saturated rings. The van der Waals surface area contributed by atoms with Gasteiger partial charge in [-0.15, -0.1) is 0 Å². The molecule has 0 aliphatic carbocycles. The summed E-state index contributed by atoms with van der Waals surface area (Å²) in [6.07, 6.45) is 0.320. The molecule has 1 aromatic heterocycles. The number of nitrogens with zero attached hydrogens (tertiary/aromatic N) is 1. The monoisotopic (exact) mass is 237 g/mol. The summed E-state index contributed by atoms with van der Waals surface area (Å²) < 4.78 is 4.91. The van der Waals surface area contributed by atoms with Gasteiger partial charge in [0.15, 0.2) is 0 Å². The van der Waals surface area contributed by atoms with Crippen molar-refractivity contribution in [1.82, 2.24) is 4.98 Å². The van der Waals surface area contributed by atoms with E-state index in [0.29, 0.717) is 0 Å². The van der Waals surface area contributed by atoms with Crippen molar-refractivity contribution < 1.29 is 19.4 Å². The van der Waals surface area contributed by atoms with Gasteiger partial charge in [-0.1, -0.05) is 19.9 Å². The van der Waals surface area contributed by atoms with Crippen LogP contribution in [-0.2, 0) is 14.3 Å². The van der Waals surface area contributed by atoms with Gasteiger partial charge < -0.3 is 9.84 Å². The summed E-state index contributed by atoms with van der Waals surface area (Å²) in [4.78, 5) is 26.3. The Kier molecular flexibility index (Phi) is 4.63. The van der Waals surface area contributed by atoms with Gasteiger partial charge in [0.2, 0.25) is 6.10 Å². The zero-order chi connectivity index (χ0) is 12.8. The number of rotatable bonds is 5. The average molecular weight is 237 g/mol. The minimum absolute atomic E-state index is 0.126. The first-order valence-electron chi connectivity index (χ1n) is 5.34. The number of hydrogen-bond acceptors (Lipinski definition) is 4. The summed E-state index contributed by atoms with van der Waals surface area (Å²) in [5, 5.41) is 8.99. The Labute approximate surface area is 99.4 Å². The Hall–Kier alpha value is -1.91. The van der Waals surface area contributed by atoms with Crippen molar-refractivity contribution in [3.8, 4) is 0 Å². The van der Waals surface area contributed by atoms with Gasteiger partial charge in [-0.25, -0.2) is 4.79 Å². The topological polar surface area (TPSA) is 76.5 Å². The van der Waals surface area contributed by atoms with E-state index in [1.54, 1.807) is 12.1 Å². The molecule has 0 amide bonds. The van der Waals surface area contributed by atoms with Crippen molar-refractivity contribution >= 4 is 11.9 Å². The van der Waals surface area contributed by atoms with Crippen LogP contribution in [0.3, 0.4) is 0 Å². The van der Waals surface area contributed by atoms with Crippen LogP contribution in [0.15, 0.2) is 24.4 Å². The number of esters is 1. The summed E-state index contributed by atoms with van der Waals surface area (Å²) in [5.74, 6) is -1.63. The van der Waals surface area contributed by atoms with Crippen LogP contribution < -0.4 is 0 Å². The molecule has 0 spiro atoms. The minimum atomic E-state index is -1.33. The number of aromatic nitrogens is 1. The molecular weight excluding hydrogens is 222 g/mol. The Morgan fingerprint density at radius 1 is 1.41 bits per heavy atom. The van der Waals surface area contributed by atoms with Crippen molar-refractivity contribution in [2.45, 2.75) is 26.4 Å². The Morgan fingerprint density at radius 3 is 2.59 bits per heavy atom. The lowest BCUT2D eigenvalue weighted by Gasteiger charge is -2.13. The molecule has 0 aliphatic heterocycles. The smallest absolute Gasteiger partial charge is 0.351 e. The molecule has 1 unspecified atom stereocenters. The fraction of sp³-hybridized carbons (Fsp3) is 0.417. The number of carbonyl (C=O) groups excluding carboxylic acids is 1. The van der Waals surface area contributed by atoms with E-state index in [-0.39, 0.29) is 18.0 Å². The van der Waals surface area contributed by atoms with Crippen LogP contribution in [0.1, 0.15) is 32.1 Å². The number of ether oxygens (including phenoxy) is 1. The van der Waals surface area contributed by atoms with Crippen molar-refractivity contribution in [3.05, 3.63) is 30.1 Å². The van der Waals surface area contributed by atoms with Crippen LogP contribution in [0.4, 0.5) is 0 Å². The second-order valence-corrected chi connectivity index (χ2v) is 4.06. The predicted octanol–water partition coefficient (Wildman–Crippen LogP) is 1.80. The summed E-state index contributed by atoms with van der Waals surface area (Å²) in [6.45, 7) is 3.72. The van der Waals surface area contributed by atoms with Gasteiger partial charge in [-0.2, -0.15) is 0 Å². The van der Waals surface area contributed by atoms with Crippen LogP contribution >= 0.6 is 0 Å². The molecule has 1 heterocycles.